The molecule has 0 bridgehead atoms. The van der Waals surface area contributed by atoms with Crippen LogP contribution in [0.5, 0.6) is 0 Å². The molecule has 0 aliphatic heterocycles. The molecular formula is C13H17F3N2O. The van der Waals surface area contributed by atoms with Crippen LogP contribution in [-0.4, -0.2) is 28.6 Å². The maximum Gasteiger partial charge on any atom is 0.399 e. The predicted octanol–water partition coefficient (Wildman–Crippen LogP) is 3.37. The van der Waals surface area contributed by atoms with Crippen molar-refractivity contribution in [2.24, 2.45) is 16.8 Å². The minimum Gasteiger partial charge on any atom is -0.392 e. The number of nitrogens with zero attached hydrogens (tertiary/aromatic N) is 2. The van der Waals surface area contributed by atoms with Gasteiger partial charge in [-0.05, 0) is 24.5 Å². The topological polar surface area (TPSA) is 45.5 Å². The standard InChI is InChI=1S/C13H17F3N2O/c1-9(2)6-12(19)11(13(14,15)16)8-18-10-4-3-5-17-7-10/h3-5,7-9,11-12,19H,6H2,1-2H3. The number of hydrogen-bond donors (Lipinski definition) is 1. The maximum absolute atomic E-state index is 12.9. The van der Waals surface area contributed by atoms with Crippen LogP contribution in [0.3, 0.4) is 0 Å². The molecule has 1 N–H and O–H groups in total. The van der Waals surface area contributed by atoms with E-state index in [1.165, 1.54) is 12.4 Å². The molecule has 1 aromatic heterocycles. The smallest absolute Gasteiger partial charge is 0.392 e. The molecule has 0 radical (unpaired) electrons. The highest BCUT2D eigenvalue weighted by atomic mass is 19.4. The molecule has 0 aliphatic rings. The van der Waals surface area contributed by atoms with Crippen LogP contribution in [0.15, 0.2) is 29.5 Å². The van der Waals surface area contributed by atoms with Gasteiger partial charge >= 0.3 is 6.18 Å². The number of halogens is 3. The third-order valence-corrected chi connectivity index (χ3v) is 2.54. The van der Waals surface area contributed by atoms with Gasteiger partial charge in [0.15, 0.2) is 0 Å². The van der Waals surface area contributed by atoms with Gasteiger partial charge in [0.2, 0.25) is 0 Å². The Morgan fingerprint density at radius 1 is 1.42 bits per heavy atom. The van der Waals surface area contributed by atoms with Gasteiger partial charge in [0.05, 0.1) is 18.0 Å². The largest absolute Gasteiger partial charge is 0.399 e. The van der Waals surface area contributed by atoms with Crippen LogP contribution in [0.4, 0.5) is 18.9 Å². The lowest BCUT2D eigenvalue weighted by Crippen LogP contribution is -2.36. The van der Waals surface area contributed by atoms with E-state index in [1.54, 1.807) is 26.0 Å². The Hall–Kier alpha value is -1.43. The maximum atomic E-state index is 12.9. The van der Waals surface area contributed by atoms with Gasteiger partial charge in [-0.3, -0.25) is 9.98 Å². The number of rotatable bonds is 5. The number of hydrogen-bond acceptors (Lipinski definition) is 3. The molecule has 1 rings (SSSR count). The first-order valence-electron chi connectivity index (χ1n) is 5.99. The summed E-state index contributed by atoms with van der Waals surface area (Å²) in [6.45, 7) is 3.52. The summed E-state index contributed by atoms with van der Waals surface area (Å²) in [6.07, 6.45) is -2.31. The van der Waals surface area contributed by atoms with Crippen molar-refractivity contribution in [3.8, 4) is 0 Å². The minimum atomic E-state index is -4.51. The highest BCUT2D eigenvalue weighted by Crippen LogP contribution is 2.30. The van der Waals surface area contributed by atoms with Crippen LogP contribution in [-0.2, 0) is 0 Å². The Morgan fingerprint density at radius 2 is 2.11 bits per heavy atom. The molecule has 0 spiro atoms. The molecule has 2 unspecified atom stereocenters. The zero-order chi connectivity index (χ0) is 14.5. The number of aliphatic imine (C=N–C) groups is 1. The molecule has 0 amide bonds. The van der Waals surface area contributed by atoms with Gasteiger partial charge in [-0.25, -0.2) is 0 Å². The lowest BCUT2D eigenvalue weighted by molar-refractivity contribution is -0.178. The summed E-state index contributed by atoms with van der Waals surface area (Å²) in [6, 6.07) is 3.13. The average Bonchev–Trinajstić information content (AvgIpc) is 2.27. The molecule has 106 valence electrons. The summed E-state index contributed by atoms with van der Waals surface area (Å²) in [7, 11) is 0. The van der Waals surface area contributed by atoms with Crippen LogP contribution < -0.4 is 0 Å². The Labute approximate surface area is 110 Å². The third-order valence-electron chi connectivity index (χ3n) is 2.54. The first-order valence-corrected chi connectivity index (χ1v) is 5.99. The fourth-order valence-corrected chi connectivity index (χ4v) is 1.63. The highest BCUT2D eigenvalue weighted by molar-refractivity contribution is 5.67. The number of pyridine rings is 1. The zero-order valence-electron chi connectivity index (χ0n) is 10.8. The summed E-state index contributed by atoms with van der Waals surface area (Å²) in [5.74, 6) is -1.98. The quantitative estimate of drug-likeness (QED) is 0.837. The van der Waals surface area contributed by atoms with Gasteiger partial charge in [0.1, 0.15) is 5.92 Å². The molecule has 0 saturated carbocycles. The molecule has 3 nitrogen and oxygen atoms in total. The second kappa shape index (κ2) is 6.65. The van der Waals surface area contributed by atoms with E-state index in [1.807, 2.05) is 0 Å². The highest BCUT2D eigenvalue weighted by Gasteiger charge is 2.43. The molecule has 1 heterocycles. The molecule has 6 heteroatoms. The van der Waals surface area contributed by atoms with E-state index in [-0.39, 0.29) is 12.3 Å². The van der Waals surface area contributed by atoms with Crippen molar-refractivity contribution in [1.29, 1.82) is 0 Å². The second-order valence-corrected chi connectivity index (χ2v) is 4.75. The van der Waals surface area contributed by atoms with E-state index >= 15 is 0 Å². The number of aromatic nitrogens is 1. The first-order chi connectivity index (χ1) is 8.80. The van der Waals surface area contributed by atoms with Crippen molar-refractivity contribution >= 4 is 11.9 Å². The van der Waals surface area contributed by atoms with Crippen LogP contribution in [0.25, 0.3) is 0 Å². The second-order valence-electron chi connectivity index (χ2n) is 4.75. The molecule has 0 aromatic carbocycles. The molecular weight excluding hydrogens is 257 g/mol. The summed E-state index contributed by atoms with van der Waals surface area (Å²) >= 11 is 0. The molecule has 0 aliphatic carbocycles. The van der Waals surface area contributed by atoms with E-state index in [0.717, 1.165) is 6.21 Å². The Morgan fingerprint density at radius 3 is 2.58 bits per heavy atom. The van der Waals surface area contributed by atoms with Gasteiger partial charge in [-0.1, -0.05) is 13.8 Å². The van der Waals surface area contributed by atoms with Gasteiger partial charge in [-0.2, -0.15) is 13.2 Å². The SMILES string of the molecule is CC(C)CC(O)C(C=Nc1cccnc1)C(F)(F)F. The fourth-order valence-electron chi connectivity index (χ4n) is 1.63. The summed E-state index contributed by atoms with van der Waals surface area (Å²) in [4.78, 5) is 7.49. The van der Waals surface area contributed by atoms with Gasteiger partial charge in [-0.15, -0.1) is 0 Å². The van der Waals surface area contributed by atoms with Crippen molar-refractivity contribution in [3.63, 3.8) is 0 Å². The van der Waals surface area contributed by atoms with Crippen LogP contribution in [0, 0.1) is 11.8 Å². The normalized spacial score (nSPS) is 15.9. The first kappa shape index (κ1) is 15.6. The van der Waals surface area contributed by atoms with Gasteiger partial charge in [0, 0.05) is 12.4 Å². The van der Waals surface area contributed by atoms with Crippen LogP contribution in [0.1, 0.15) is 20.3 Å². The lowest BCUT2D eigenvalue weighted by atomic mass is 9.95. The summed E-state index contributed by atoms with van der Waals surface area (Å²) < 4.78 is 38.6. The van der Waals surface area contributed by atoms with E-state index in [4.69, 9.17) is 0 Å². The van der Waals surface area contributed by atoms with E-state index in [2.05, 4.69) is 9.98 Å². The van der Waals surface area contributed by atoms with Crippen molar-refractivity contribution in [2.75, 3.05) is 0 Å². The van der Waals surface area contributed by atoms with Crippen LogP contribution in [0.2, 0.25) is 0 Å². The van der Waals surface area contributed by atoms with E-state index < -0.39 is 18.2 Å². The summed E-state index contributed by atoms with van der Waals surface area (Å²) in [5.41, 5.74) is 0.327. The third kappa shape index (κ3) is 5.38. The molecule has 19 heavy (non-hydrogen) atoms. The Bertz CT molecular complexity index is 404. The fraction of sp³-hybridized carbons (Fsp3) is 0.538. The molecule has 0 fully saturated rings. The Kier molecular flexibility index (Phi) is 5.47. The monoisotopic (exact) mass is 274 g/mol. The zero-order valence-corrected chi connectivity index (χ0v) is 10.8. The number of alkyl halides is 3. The Balaban J connectivity index is 2.84. The van der Waals surface area contributed by atoms with E-state index in [9.17, 15) is 18.3 Å². The molecule has 0 saturated heterocycles. The molecule has 2 atom stereocenters. The van der Waals surface area contributed by atoms with Crippen molar-refractivity contribution in [2.45, 2.75) is 32.5 Å². The average molecular weight is 274 g/mol. The van der Waals surface area contributed by atoms with Gasteiger partial charge < -0.3 is 5.11 Å². The van der Waals surface area contributed by atoms with Crippen molar-refractivity contribution in [3.05, 3.63) is 24.5 Å². The minimum absolute atomic E-state index is 0.0216. The lowest BCUT2D eigenvalue weighted by Gasteiger charge is -2.23. The van der Waals surface area contributed by atoms with Gasteiger partial charge in [0.25, 0.3) is 0 Å². The van der Waals surface area contributed by atoms with Crippen LogP contribution >= 0.6 is 0 Å². The van der Waals surface area contributed by atoms with Crippen molar-refractivity contribution in [1.82, 2.24) is 4.98 Å². The van der Waals surface area contributed by atoms with E-state index in [0.29, 0.717) is 5.69 Å². The predicted molar refractivity (Wildman–Crippen MR) is 67.4 cm³/mol. The number of aliphatic hydroxyl groups is 1. The van der Waals surface area contributed by atoms with Crippen molar-refractivity contribution < 1.29 is 18.3 Å². The number of aliphatic hydroxyl groups excluding tert-OH is 1. The summed E-state index contributed by atoms with van der Waals surface area (Å²) in [5, 5.41) is 9.67. The molecule has 1 aromatic rings.